The summed E-state index contributed by atoms with van der Waals surface area (Å²) in [5, 5.41) is 15.1. The SMILES string of the molecule is c1ccc2c(c1)ccc1oc3c(-c4nc(-c5cccc6c5oc5ccccc56)nc(-c5cc6ccccc6c6c5oc5ccc7ccccc7c56)n4)cc4ccccc4c3c12. The Kier molecular flexibility index (Phi) is 6.46. The fraction of sp³-hybridized carbons (Fsp3) is 0. The molecule has 14 aromatic rings. The Bertz CT molecular complexity index is 3980. The molecule has 0 aliphatic heterocycles. The number of fused-ring (bicyclic) bond motifs is 17. The monoisotopic (exact) mass is 779 g/mol. The lowest BCUT2D eigenvalue weighted by atomic mass is 9.96. The lowest BCUT2D eigenvalue weighted by Gasteiger charge is -2.11. The molecule has 282 valence electrons. The molecule has 0 bridgehead atoms. The maximum absolute atomic E-state index is 6.93. The van der Waals surface area contributed by atoms with Gasteiger partial charge in [0, 0.05) is 32.3 Å². The van der Waals surface area contributed by atoms with Crippen molar-refractivity contribution in [2.45, 2.75) is 0 Å². The number of furan rings is 3. The number of nitrogens with zero attached hydrogens (tertiary/aromatic N) is 3. The molecule has 6 heteroatoms. The normalized spacial score (nSPS) is 12.3. The lowest BCUT2D eigenvalue weighted by molar-refractivity contribution is 0.669. The van der Waals surface area contributed by atoms with Gasteiger partial charge in [0.05, 0.1) is 16.7 Å². The minimum atomic E-state index is 0.482. The molecule has 0 saturated carbocycles. The summed E-state index contributed by atoms with van der Waals surface area (Å²) >= 11 is 0. The molecule has 0 aliphatic carbocycles. The van der Waals surface area contributed by atoms with Crippen LogP contribution >= 0.6 is 0 Å². The van der Waals surface area contributed by atoms with Gasteiger partial charge in [0.2, 0.25) is 0 Å². The molecule has 0 N–H and O–H groups in total. The van der Waals surface area contributed by atoms with E-state index in [0.29, 0.717) is 34.2 Å². The number of hydrogen-bond acceptors (Lipinski definition) is 6. The van der Waals surface area contributed by atoms with Gasteiger partial charge in [-0.1, -0.05) is 140 Å². The maximum atomic E-state index is 6.93. The van der Waals surface area contributed by atoms with Crippen LogP contribution in [0.25, 0.3) is 143 Å². The van der Waals surface area contributed by atoms with E-state index in [1.165, 1.54) is 0 Å². The molecule has 0 spiro atoms. The van der Waals surface area contributed by atoms with E-state index >= 15 is 0 Å². The summed E-state index contributed by atoms with van der Waals surface area (Å²) in [7, 11) is 0. The second-order valence-corrected chi connectivity index (χ2v) is 15.8. The lowest BCUT2D eigenvalue weighted by Crippen LogP contribution is -2.01. The van der Waals surface area contributed by atoms with E-state index in [0.717, 1.165) is 109 Å². The van der Waals surface area contributed by atoms with Crippen LogP contribution in [0, 0.1) is 0 Å². The molecule has 4 aromatic heterocycles. The Morgan fingerprint density at radius 3 is 1.21 bits per heavy atom. The first-order chi connectivity index (χ1) is 30.2. The van der Waals surface area contributed by atoms with Gasteiger partial charge in [0.15, 0.2) is 17.5 Å². The number of aromatic nitrogens is 3. The summed E-state index contributed by atoms with van der Waals surface area (Å²) in [6.45, 7) is 0. The van der Waals surface area contributed by atoms with E-state index in [4.69, 9.17) is 28.2 Å². The summed E-state index contributed by atoms with van der Waals surface area (Å²) < 4.78 is 20.5. The first-order valence-electron chi connectivity index (χ1n) is 20.4. The molecule has 10 aromatic carbocycles. The highest BCUT2D eigenvalue weighted by Crippen LogP contribution is 2.46. The highest BCUT2D eigenvalue weighted by molar-refractivity contribution is 6.30. The van der Waals surface area contributed by atoms with Gasteiger partial charge in [-0.2, -0.15) is 0 Å². The van der Waals surface area contributed by atoms with Crippen LogP contribution in [0.4, 0.5) is 0 Å². The van der Waals surface area contributed by atoms with Crippen molar-refractivity contribution in [3.63, 3.8) is 0 Å². The van der Waals surface area contributed by atoms with Crippen molar-refractivity contribution < 1.29 is 13.3 Å². The molecule has 0 radical (unpaired) electrons. The molecular weight excluding hydrogens is 751 g/mol. The van der Waals surface area contributed by atoms with Gasteiger partial charge in [-0.3, -0.25) is 0 Å². The molecule has 6 nitrogen and oxygen atoms in total. The predicted octanol–water partition coefficient (Wildman–Crippen LogP) is 15.2. The van der Waals surface area contributed by atoms with Crippen molar-refractivity contribution in [1.82, 2.24) is 15.0 Å². The first-order valence-corrected chi connectivity index (χ1v) is 20.4. The second kappa shape index (κ2) is 12.1. The standard InChI is InChI=1S/C55H29N3O3/c1-5-16-34-30(12-1)24-26-44-46(34)48-36-18-7-3-14-32(36)28-41(51(48)60-44)54-56-53(40-22-11-21-39-38-20-9-10-23-43(38)59-50(39)40)57-55(58-54)42-29-33-15-4-8-19-37(33)49-47-35-17-6-2-13-31(35)25-27-45(47)61-52(42)49/h1-29H. The van der Waals surface area contributed by atoms with Crippen molar-refractivity contribution in [2.24, 2.45) is 0 Å². The quantitative estimate of drug-likeness (QED) is 0.178. The van der Waals surface area contributed by atoms with E-state index < -0.39 is 0 Å². The minimum absolute atomic E-state index is 0.482. The van der Waals surface area contributed by atoms with Crippen molar-refractivity contribution >= 4 is 109 Å². The largest absolute Gasteiger partial charge is 0.455 e. The summed E-state index contributed by atoms with van der Waals surface area (Å²) in [4.78, 5) is 16.2. The third-order valence-electron chi connectivity index (χ3n) is 12.5. The van der Waals surface area contributed by atoms with Crippen LogP contribution in [0.1, 0.15) is 0 Å². The van der Waals surface area contributed by atoms with Crippen LogP contribution in [-0.4, -0.2) is 15.0 Å². The molecule has 0 fully saturated rings. The predicted molar refractivity (Wildman–Crippen MR) is 248 cm³/mol. The van der Waals surface area contributed by atoms with E-state index in [9.17, 15) is 0 Å². The topological polar surface area (TPSA) is 78.1 Å². The van der Waals surface area contributed by atoms with Gasteiger partial charge < -0.3 is 13.3 Å². The third kappa shape index (κ3) is 4.58. The van der Waals surface area contributed by atoms with Gasteiger partial charge in [0.1, 0.15) is 33.5 Å². The fourth-order valence-corrected chi connectivity index (χ4v) is 9.77. The zero-order valence-electron chi connectivity index (χ0n) is 32.3. The Balaban J connectivity index is 1.14. The molecule has 61 heavy (non-hydrogen) atoms. The number of hydrogen-bond donors (Lipinski definition) is 0. The van der Waals surface area contributed by atoms with Crippen LogP contribution < -0.4 is 0 Å². The van der Waals surface area contributed by atoms with Crippen molar-refractivity contribution in [1.29, 1.82) is 0 Å². The Morgan fingerprint density at radius 2 is 0.672 bits per heavy atom. The van der Waals surface area contributed by atoms with E-state index in [1.54, 1.807) is 0 Å². The van der Waals surface area contributed by atoms with E-state index in [1.807, 2.05) is 30.3 Å². The molecule has 4 heterocycles. The molecule has 0 unspecified atom stereocenters. The maximum Gasteiger partial charge on any atom is 0.167 e. The highest BCUT2D eigenvalue weighted by atomic mass is 16.3. The molecule has 0 saturated heterocycles. The van der Waals surface area contributed by atoms with E-state index in [-0.39, 0.29) is 0 Å². The van der Waals surface area contributed by atoms with Crippen molar-refractivity contribution in [2.75, 3.05) is 0 Å². The summed E-state index contributed by atoms with van der Waals surface area (Å²) in [5.74, 6) is 1.44. The van der Waals surface area contributed by atoms with Gasteiger partial charge in [-0.25, -0.2) is 15.0 Å². The van der Waals surface area contributed by atoms with Crippen LogP contribution in [0.15, 0.2) is 189 Å². The molecule has 0 aliphatic rings. The highest BCUT2D eigenvalue weighted by Gasteiger charge is 2.25. The van der Waals surface area contributed by atoms with Crippen molar-refractivity contribution in [3.8, 4) is 34.2 Å². The Labute approximate surface area is 345 Å². The van der Waals surface area contributed by atoms with E-state index in [2.05, 4.69) is 146 Å². The average Bonchev–Trinajstić information content (AvgIpc) is 4.03. The number of benzene rings is 10. The summed E-state index contributed by atoms with van der Waals surface area (Å²) in [5.41, 5.74) is 6.85. The van der Waals surface area contributed by atoms with Crippen LogP contribution in [-0.2, 0) is 0 Å². The zero-order valence-corrected chi connectivity index (χ0v) is 32.3. The van der Waals surface area contributed by atoms with Gasteiger partial charge >= 0.3 is 0 Å². The van der Waals surface area contributed by atoms with Gasteiger partial charge in [0.25, 0.3) is 0 Å². The second-order valence-electron chi connectivity index (χ2n) is 15.8. The summed E-state index contributed by atoms with van der Waals surface area (Å²) in [6.07, 6.45) is 0. The number of rotatable bonds is 3. The van der Waals surface area contributed by atoms with Gasteiger partial charge in [-0.05, 0) is 79.5 Å². The van der Waals surface area contributed by atoms with Crippen LogP contribution in [0.2, 0.25) is 0 Å². The summed E-state index contributed by atoms with van der Waals surface area (Å²) in [6, 6.07) is 60.8. The van der Waals surface area contributed by atoms with Crippen molar-refractivity contribution in [3.05, 3.63) is 176 Å². The Morgan fingerprint density at radius 1 is 0.262 bits per heavy atom. The fourth-order valence-electron chi connectivity index (χ4n) is 9.77. The minimum Gasteiger partial charge on any atom is -0.455 e. The molecule has 0 amide bonds. The third-order valence-corrected chi connectivity index (χ3v) is 12.5. The zero-order chi connectivity index (χ0) is 39.8. The smallest absolute Gasteiger partial charge is 0.167 e. The Hall–Kier alpha value is -8.35. The van der Waals surface area contributed by atoms with Crippen LogP contribution in [0.3, 0.4) is 0 Å². The first kappa shape index (κ1) is 32.6. The number of para-hydroxylation sites is 2. The molecule has 14 rings (SSSR count). The average molecular weight is 780 g/mol. The van der Waals surface area contributed by atoms with Crippen LogP contribution in [0.5, 0.6) is 0 Å². The van der Waals surface area contributed by atoms with Gasteiger partial charge in [-0.15, -0.1) is 0 Å². The molecular formula is C55H29N3O3. The molecule has 0 atom stereocenters.